The topological polar surface area (TPSA) is 40.5 Å². The van der Waals surface area contributed by atoms with Gasteiger partial charge in [0.2, 0.25) is 0 Å². The summed E-state index contributed by atoms with van der Waals surface area (Å²) in [5.74, 6) is 0.198. The van der Waals surface area contributed by atoms with Crippen molar-refractivity contribution >= 4 is 47.8 Å². The van der Waals surface area contributed by atoms with Gasteiger partial charge < -0.3 is 10.2 Å². The number of phenolic OH excluding ortho intramolecular Hbond substituents is 2. The van der Waals surface area contributed by atoms with Gasteiger partial charge in [0.1, 0.15) is 11.5 Å². The minimum atomic E-state index is 0.0807. The molecule has 0 spiro atoms. The largest absolute Gasteiger partial charge is 0.506 e. The van der Waals surface area contributed by atoms with E-state index in [-0.39, 0.29) is 11.5 Å². The average molecular weight is 361 g/mol. The van der Waals surface area contributed by atoms with Crippen molar-refractivity contribution < 1.29 is 10.2 Å². The smallest absolute Gasteiger partial charge is 0.145 e. The van der Waals surface area contributed by atoms with Crippen LogP contribution >= 0.6 is 47.8 Å². The molecule has 12 heavy (non-hydrogen) atoms. The van der Waals surface area contributed by atoms with Crippen LogP contribution in [-0.4, -0.2) is 10.2 Å². The minimum absolute atomic E-state index is 0.0807. The standard InChI is InChI=1S/C7H5Br3O2/c1-2-3(8)7(12)5(10)4(9)6(2)11/h11-12H,1H3. The molecular weight excluding hydrogens is 356 g/mol. The molecule has 1 rings (SSSR count). The number of phenols is 2. The minimum Gasteiger partial charge on any atom is -0.506 e. The number of benzene rings is 1. The number of hydrogen-bond donors (Lipinski definition) is 2. The van der Waals surface area contributed by atoms with Crippen LogP contribution in [0.5, 0.6) is 11.5 Å². The molecule has 0 fully saturated rings. The van der Waals surface area contributed by atoms with Crippen LogP contribution in [0.1, 0.15) is 5.56 Å². The molecule has 1 aromatic carbocycles. The third-order valence-electron chi connectivity index (χ3n) is 1.50. The Morgan fingerprint density at radius 2 is 1.25 bits per heavy atom. The molecule has 0 aromatic heterocycles. The van der Waals surface area contributed by atoms with Crippen molar-refractivity contribution in [3.05, 3.63) is 19.0 Å². The maximum Gasteiger partial charge on any atom is 0.145 e. The van der Waals surface area contributed by atoms with Gasteiger partial charge >= 0.3 is 0 Å². The normalized spacial score (nSPS) is 10.3. The second kappa shape index (κ2) is 3.55. The molecule has 0 heterocycles. The third-order valence-corrected chi connectivity index (χ3v) is 4.55. The van der Waals surface area contributed by atoms with Gasteiger partial charge in [0.05, 0.1) is 13.4 Å². The Balaban J connectivity index is 3.60. The molecule has 1 aromatic rings. The van der Waals surface area contributed by atoms with E-state index in [0.29, 0.717) is 19.0 Å². The predicted molar refractivity (Wildman–Crippen MR) is 57.6 cm³/mol. The zero-order valence-electron chi connectivity index (χ0n) is 6.03. The maximum absolute atomic E-state index is 9.47. The molecule has 0 radical (unpaired) electrons. The van der Waals surface area contributed by atoms with Gasteiger partial charge in [-0.3, -0.25) is 0 Å². The van der Waals surface area contributed by atoms with Gasteiger partial charge in [0.25, 0.3) is 0 Å². The summed E-state index contributed by atoms with van der Waals surface area (Å²) in [5.41, 5.74) is 0.600. The Bertz CT molecular complexity index is 231. The van der Waals surface area contributed by atoms with E-state index in [9.17, 15) is 10.2 Å². The second-order valence-electron chi connectivity index (χ2n) is 2.26. The van der Waals surface area contributed by atoms with Crippen LogP contribution in [0.3, 0.4) is 0 Å². The lowest BCUT2D eigenvalue weighted by Crippen LogP contribution is -1.83. The molecule has 66 valence electrons. The summed E-state index contributed by atoms with van der Waals surface area (Å²) in [5, 5.41) is 18.9. The van der Waals surface area contributed by atoms with E-state index in [0.717, 1.165) is 0 Å². The summed E-state index contributed by atoms with van der Waals surface area (Å²) in [6.07, 6.45) is 0. The molecule has 2 nitrogen and oxygen atoms in total. The lowest BCUT2D eigenvalue weighted by Gasteiger charge is -2.08. The second-order valence-corrected chi connectivity index (χ2v) is 4.64. The molecule has 0 aliphatic rings. The quantitative estimate of drug-likeness (QED) is 0.547. The SMILES string of the molecule is Cc1c(O)c(Br)c(Br)c(O)c1Br. The fourth-order valence-corrected chi connectivity index (χ4v) is 2.27. The summed E-state index contributed by atoms with van der Waals surface area (Å²) in [6, 6.07) is 0. The fraction of sp³-hybridized carbons (Fsp3) is 0.143. The molecule has 0 unspecified atom stereocenters. The lowest BCUT2D eigenvalue weighted by molar-refractivity contribution is 0.448. The average Bonchev–Trinajstić information content (AvgIpc) is 2.08. The molecule has 0 atom stereocenters. The Kier molecular flexibility index (Phi) is 3.06. The van der Waals surface area contributed by atoms with Crippen molar-refractivity contribution in [1.82, 2.24) is 0 Å². The van der Waals surface area contributed by atoms with E-state index in [1.165, 1.54) is 0 Å². The van der Waals surface area contributed by atoms with Crippen molar-refractivity contribution in [3.63, 3.8) is 0 Å². The van der Waals surface area contributed by atoms with Crippen molar-refractivity contribution in [2.45, 2.75) is 6.92 Å². The van der Waals surface area contributed by atoms with Crippen LogP contribution in [0.15, 0.2) is 13.4 Å². The number of hydrogen-bond acceptors (Lipinski definition) is 2. The lowest BCUT2D eigenvalue weighted by atomic mass is 10.2. The van der Waals surface area contributed by atoms with Gasteiger partial charge in [-0.2, -0.15) is 0 Å². The van der Waals surface area contributed by atoms with Gasteiger partial charge in [-0.05, 0) is 54.7 Å². The molecular formula is C7H5Br3O2. The van der Waals surface area contributed by atoms with Crippen LogP contribution in [0.2, 0.25) is 0 Å². The van der Waals surface area contributed by atoms with Crippen LogP contribution < -0.4 is 0 Å². The monoisotopic (exact) mass is 358 g/mol. The number of rotatable bonds is 0. The van der Waals surface area contributed by atoms with Gasteiger partial charge in [-0.1, -0.05) is 0 Å². The molecule has 2 N–H and O–H groups in total. The predicted octanol–water partition coefficient (Wildman–Crippen LogP) is 3.69. The first kappa shape index (κ1) is 10.3. The number of aromatic hydroxyl groups is 2. The van der Waals surface area contributed by atoms with Crippen LogP contribution in [0.4, 0.5) is 0 Å². The first-order valence-electron chi connectivity index (χ1n) is 3.01. The highest BCUT2D eigenvalue weighted by molar-refractivity contribution is 9.13. The maximum atomic E-state index is 9.47. The van der Waals surface area contributed by atoms with E-state index in [4.69, 9.17) is 0 Å². The van der Waals surface area contributed by atoms with E-state index in [1.807, 2.05) is 0 Å². The molecule has 0 saturated heterocycles. The summed E-state index contributed by atoms with van der Waals surface area (Å²) in [6.45, 7) is 1.70. The van der Waals surface area contributed by atoms with E-state index in [1.54, 1.807) is 6.92 Å². The third kappa shape index (κ3) is 1.49. The molecule has 0 aliphatic heterocycles. The number of halogens is 3. The summed E-state index contributed by atoms with van der Waals surface area (Å²) >= 11 is 9.42. The molecule has 0 saturated carbocycles. The van der Waals surface area contributed by atoms with Crippen LogP contribution in [0, 0.1) is 6.92 Å². The van der Waals surface area contributed by atoms with Gasteiger partial charge in [-0.25, -0.2) is 0 Å². The van der Waals surface area contributed by atoms with E-state index in [2.05, 4.69) is 47.8 Å². The molecule has 0 aliphatic carbocycles. The van der Waals surface area contributed by atoms with Gasteiger partial charge in [0.15, 0.2) is 0 Å². The first-order chi connectivity index (χ1) is 5.46. The molecule has 0 amide bonds. The van der Waals surface area contributed by atoms with E-state index >= 15 is 0 Å². The highest BCUT2D eigenvalue weighted by Crippen LogP contribution is 2.46. The van der Waals surface area contributed by atoms with Crippen molar-refractivity contribution in [1.29, 1.82) is 0 Å². The zero-order valence-corrected chi connectivity index (χ0v) is 10.8. The summed E-state index contributed by atoms with van der Waals surface area (Å²) in [7, 11) is 0. The highest BCUT2D eigenvalue weighted by atomic mass is 79.9. The fourth-order valence-electron chi connectivity index (χ4n) is 0.750. The van der Waals surface area contributed by atoms with Crippen LogP contribution in [-0.2, 0) is 0 Å². The highest BCUT2D eigenvalue weighted by Gasteiger charge is 2.16. The first-order valence-corrected chi connectivity index (χ1v) is 5.39. The van der Waals surface area contributed by atoms with Gasteiger partial charge in [0, 0.05) is 5.56 Å². The van der Waals surface area contributed by atoms with Crippen LogP contribution in [0.25, 0.3) is 0 Å². The van der Waals surface area contributed by atoms with Gasteiger partial charge in [-0.15, -0.1) is 0 Å². The Labute approximate surface area is 95.0 Å². The van der Waals surface area contributed by atoms with Crippen molar-refractivity contribution in [3.8, 4) is 11.5 Å². The Morgan fingerprint density at radius 1 is 0.833 bits per heavy atom. The van der Waals surface area contributed by atoms with Crippen molar-refractivity contribution in [2.24, 2.45) is 0 Å². The summed E-state index contributed by atoms with van der Waals surface area (Å²) < 4.78 is 1.40. The van der Waals surface area contributed by atoms with Crippen molar-refractivity contribution in [2.75, 3.05) is 0 Å². The molecule has 5 heteroatoms. The van der Waals surface area contributed by atoms with E-state index < -0.39 is 0 Å². The molecule has 0 bridgehead atoms. The summed E-state index contributed by atoms with van der Waals surface area (Å²) in [4.78, 5) is 0. The Morgan fingerprint density at radius 3 is 1.75 bits per heavy atom. The zero-order chi connectivity index (χ0) is 9.46. The Hall–Kier alpha value is 0.260.